The van der Waals surface area contributed by atoms with Crippen LogP contribution in [0, 0.1) is 0 Å². The number of fused-ring (bicyclic) bond motifs is 1. The summed E-state index contributed by atoms with van der Waals surface area (Å²) in [5.74, 6) is -0.218. The summed E-state index contributed by atoms with van der Waals surface area (Å²) in [4.78, 5) is 34.9. The highest BCUT2D eigenvalue weighted by atomic mass is 16.5. The molecule has 182 valence electrons. The number of carbonyl (C=O) groups excluding carboxylic acids is 2. The number of benzene rings is 2. The van der Waals surface area contributed by atoms with E-state index in [1.807, 2.05) is 61.5 Å². The number of ether oxygens (including phenoxy) is 1. The second kappa shape index (κ2) is 10.5. The summed E-state index contributed by atoms with van der Waals surface area (Å²) >= 11 is 0. The lowest BCUT2D eigenvalue weighted by molar-refractivity contribution is -0.122. The molecule has 0 spiro atoms. The molecule has 1 aliphatic carbocycles. The van der Waals surface area contributed by atoms with Gasteiger partial charge in [-0.2, -0.15) is 0 Å². The molecule has 2 fully saturated rings. The van der Waals surface area contributed by atoms with Gasteiger partial charge in [-0.05, 0) is 31.4 Å². The molecule has 1 aromatic heterocycles. The molecule has 2 aromatic carbocycles. The van der Waals surface area contributed by atoms with Crippen LogP contribution in [-0.2, 0) is 16.1 Å². The van der Waals surface area contributed by atoms with Crippen molar-refractivity contribution in [3.05, 3.63) is 65.9 Å². The Morgan fingerprint density at radius 2 is 1.66 bits per heavy atom. The number of nitrogens with zero attached hydrogens (tertiary/aromatic N) is 3. The van der Waals surface area contributed by atoms with Crippen LogP contribution in [0.15, 0.2) is 54.6 Å². The van der Waals surface area contributed by atoms with Crippen LogP contribution >= 0.6 is 0 Å². The van der Waals surface area contributed by atoms with E-state index in [-0.39, 0.29) is 11.9 Å². The third-order valence-corrected chi connectivity index (χ3v) is 6.66. The van der Waals surface area contributed by atoms with Gasteiger partial charge < -0.3 is 10.1 Å². The fourth-order valence-corrected chi connectivity index (χ4v) is 4.73. The molecule has 1 N–H and O–H groups in total. The predicted molar refractivity (Wildman–Crippen MR) is 136 cm³/mol. The maximum absolute atomic E-state index is 13.3. The molecular weight excluding hydrogens is 440 g/mol. The predicted octanol–water partition coefficient (Wildman–Crippen LogP) is 3.47. The molecule has 0 atom stereocenters. The lowest BCUT2D eigenvalue weighted by atomic mass is 9.93. The lowest BCUT2D eigenvalue weighted by Crippen LogP contribution is -2.49. The van der Waals surface area contributed by atoms with E-state index in [9.17, 15) is 9.59 Å². The lowest BCUT2D eigenvalue weighted by Gasteiger charge is -2.34. The zero-order chi connectivity index (χ0) is 24.2. The van der Waals surface area contributed by atoms with Crippen molar-refractivity contribution in [2.75, 3.05) is 39.3 Å². The van der Waals surface area contributed by atoms with Crippen LogP contribution in [0.2, 0.25) is 0 Å². The molecule has 0 unspecified atom stereocenters. The number of aromatic nitrogens is 1. The minimum absolute atomic E-state index is 0.120. The number of amides is 1. The molecular formula is C28H32N4O3. The van der Waals surface area contributed by atoms with Crippen LogP contribution in [0.1, 0.15) is 35.8 Å². The highest BCUT2D eigenvalue weighted by Gasteiger charge is 2.27. The molecule has 7 nitrogen and oxygen atoms in total. The van der Waals surface area contributed by atoms with E-state index in [0.29, 0.717) is 31.3 Å². The topological polar surface area (TPSA) is 74.8 Å². The number of nitrogens with one attached hydrogen (secondary N) is 1. The molecule has 2 aliphatic rings. The van der Waals surface area contributed by atoms with Gasteiger partial charge in [0.25, 0.3) is 0 Å². The summed E-state index contributed by atoms with van der Waals surface area (Å²) < 4.78 is 5.52. The van der Waals surface area contributed by atoms with Crippen molar-refractivity contribution in [2.24, 2.45) is 0 Å². The van der Waals surface area contributed by atoms with E-state index in [1.54, 1.807) is 0 Å². The molecule has 1 saturated heterocycles. The number of rotatable bonds is 8. The SMILES string of the molecule is CCOC(=O)c1c(CN2CCN(CC(=O)NC3CC3)CC2)nc2ccccc2c1-c1ccccc1. The Balaban J connectivity index is 1.42. The van der Waals surface area contributed by atoms with Gasteiger partial charge in [0.1, 0.15) is 0 Å². The number of para-hydroxylation sites is 1. The van der Waals surface area contributed by atoms with Gasteiger partial charge in [0, 0.05) is 49.7 Å². The van der Waals surface area contributed by atoms with E-state index in [1.165, 1.54) is 0 Å². The van der Waals surface area contributed by atoms with Gasteiger partial charge >= 0.3 is 5.97 Å². The number of esters is 1. The summed E-state index contributed by atoms with van der Waals surface area (Å²) in [6, 6.07) is 18.4. The molecule has 5 rings (SSSR count). The van der Waals surface area contributed by atoms with Crippen molar-refractivity contribution >= 4 is 22.8 Å². The summed E-state index contributed by atoms with van der Waals surface area (Å²) in [6.45, 7) is 6.39. The van der Waals surface area contributed by atoms with Crippen LogP contribution in [0.4, 0.5) is 0 Å². The van der Waals surface area contributed by atoms with Crippen molar-refractivity contribution in [1.29, 1.82) is 0 Å². The molecule has 2 heterocycles. The van der Waals surface area contributed by atoms with E-state index in [2.05, 4.69) is 15.1 Å². The first-order valence-corrected chi connectivity index (χ1v) is 12.5. The van der Waals surface area contributed by atoms with E-state index in [0.717, 1.165) is 66.7 Å². The highest BCUT2D eigenvalue weighted by Crippen LogP contribution is 2.34. The Bertz CT molecular complexity index is 1200. The third kappa shape index (κ3) is 5.52. The van der Waals surface area contributed by atoms with E-state index in [4.69, 9.17) is 9.72 Å². The minimum Gasteiger partial charge on any atom is -0.462 e. The van der Waals surface area contributed by atoms with Crippen LogP contribution < -0.4 is 5.32 Å². The minimum atomic E-state index is -0.338. The average molecular weight is 473 g/mol. The normalized spacial score (nSPS) is 16.8. The molecule has 1 amide bonds. The smallest absolute Gasteiger partial charge is 0.340 e. The van der Waals surface area contributed by atoms with Gasteiger partial charge in [0.15, 0.2) is 0 Å². The Morgan fingerprint density at radius 3 is 2.37 bits per heavy atom. The van der Waals surface area contributed by atoms with Crippen LogP contribution in [0.3, 0.4) is 0 Å². The maximum atomic E-state index is 13.3. The number of pyridine rings is 1. The highest BCUT2D eigenvalue weighted by molar-refractivity contribution is 6.07. The van der Waals surface area contributed by atoms with Gasteiger partial charge in [-0.25, -0.2) is 4.79 Å². The quantitative estimate of drug-likeness (QED) is 0.506. The summed E-state index contributed by atoms with van der Waals surface area (Å²) in [5, 5.41) is 4.01. The maximum Gasteiger partial charge on any atom is 0.340 e. The Labute approximate surface area is 206 Å². The van der Waals surface area contributed by atoms with Gasteiger partial charge in [0.2, 0.25) is 5.91 Å². The first-order valence-electron chi connectivity index (χ1n) is 12.5. The average Bonchev–Trinajstić information content (AvgIpc) is 3.69. The second-order valence-corrected chi connectivity index (χ2v) is 9.31. The largest absolute Gasteiger partial charge is 0.462 e. The van der Waals surface area contributed by atoms with Crippen molar-refractivity contribution in [2.45, 2.75) is 32.4 Å². The second-order valence-electron chi connectivity index (χ2n) is 9.31. The van der Waals surface area contributed by atoms with E-state index < -0.39 is 0 Å². The van der Waals surface area contributed by atoms with Crippen molar-refractivity contribution in [3.8, 4) is 11.1 Å². The Kier molecular flexibility index (Phi) is 7.06. The summed E-state index contributed by atoms with van der Waals surface area (Å²) in [5.41, 5.74) is 4.00. The standard InChI is InChI=1S/C28H32N4O3/c1-2-35-28(34)27-24(18-31-14-16-32(17-15-31)19-25(33)29-21-12-13-21)30-23-11-7-6-10-22(23)26(27)20-8-4-3-5-9-20/h3-11,21H,2,12-19H2,1H3,(H,29,33). The van der Waals surface area contributed by atoms with Gasteiger partial charge in [-0.3, -0.25) is 19.6 Å². The van der Waals surface area contributed by atoms with Gasteiger partial charge in [-0.1, -0.05) is 48.5 Å². The molecule has 35 heavy (non-hydrogen) atoms. The first kappa shape index (κ1) is 23.5. The number of hydrogen-bond donors (Lipinski definition) is 1. The number of carbonyl (C=O) groups is 2. The van der Waals surface area contributed by atoms with Crippen molar-refractivity contribution in [3.63, 3.8) is 0 Å². The van der Waals surface area contributed by atoms with Crippen molar-refractivity contribution < 1.29 is 14.3 Å². The van der Waals surface area contributed by atoms with Crippen LogP contribution in [-0.4, -0.2) is 72.0 Å². The zero-order valence-corrected chi connectivity index (χ0v) is 20.2. The molecule has 0 bridgehead atoms. The van der Waals surface area contributed by atoms with E-state index >= 15 is 0 Å². The fourth-order valence-electron chi connectivity index (χ4n) is 4.73. The Hall–Kier alpha value is -3.29. The molecule has 7 heteroatoms. The van der Waals surface area contributed by atoms with Gasteiger partial charge in [0.05, 0.1) is 29.9 Å². The third-order valence-electron chi connectivity index (χ3n) is 6.66. The van der Waals surface area contributed by atoms with Crippen LogP contribution in [0.5, 0.6) is 0 Å². The monoisotopic (exact) mass is 472 g/mol. The molecule has 1 aliphatic heterocycles. The van der Waals surface area contributed by atoms with Crippen LogP contribution in [0.25, 0.3) is 22.0 Å². The number of hydrogen-bond acceptors (Lipinski definition) is 6. The number of piperazine rings is 1. The first-order chi connectivity index (χ1) is 17.1. The molecule has 1 saturated carbocycles. The summed E-state index contributed by atoms with van der Waals surface area (Å²) in [6.07, 6.45) is 2.21. The molecule has 0 radical (unpaired) electrons. The van der Waals surface area contributed by atoms with Crippen molar-refractivity contribution in [1.82, 2.24) is 20.1 Å². The zero-order valence-electron chi connectivity index (χ0n) is 20.2. The van der Waals surface area contributed by atoms with Gasteiger partial charge in [-0.15, -0.1) is 0 Å². The molecule has 3 aromatic rings. The summed E-state index contributed by atoms with van der Waals surface area (Å²) in [7, 11) is 0. The fraction of sp³-hybridized carbons (Fsp3) is 0.393. The Morgan fingerprint density at radius 1 is 0.971 bits per heavy atom.